The number of carbonyl (C=O) groups excluding carboxylic acids is 1. The molecule has 14 heteroatoms. The zero-order chi connectivity index (χ0) is 31.6. The zero-order valence-electron chi connectivity index (χ0n) is 24.3. The van der Waals surface area contributed by atoms with Crippen LogP contribution in [0.4, 0.5) is 9.59 Å². The van der Waals surface area contributed by atoms with Gasteiger partial charge in [0.2, 0.25) is 11.8 Å². The first-order chi connectivity index (χ1) is 21.2. The van der Waals surface area contributed by atoms with Gasteiger partial charge in [-0.1, -0.05) is 25.0 Å². The minimum absolute atomic E-state index is 0.0355. The third kappa shape index (κ3) is 8.32. The Morgan fingerprint density at radius 3 is 1.70 bits per heavy atom. The number of aromatic nitrogens is 2. The highest BCUT2D eigenvalue weighted by atomic mass is 16.7. The monoisotopic (exact) mass is 614 g/mol. The van der Waals surface area contributed by atoms with E-state index >= 15 is 0 Å². The number of hydrogen-bond acceptors (Lipinski definition) is 11. The summed E-state index contributed by atoms with van der Waals surface area (Å²) < 4.78 is 14.5. The summed E-state index contributed by atoms with van der Waals surface area (Å²) in [6.45, 7) is 3.80. The quantitative estimate of drug-likeness (QED) is 0.0642. The van der Waals surface area contributed by atoms with E-state index in [1.807, 2.05) is 0 Å². The summed E-state index contributed by atoms with van der Waals surface area (Å²) in [4.78, 5) is 28.0. The molecule has 0 amide bonds. The van der Waals surface area contributed by atoms with Crippen LogP contribution in [-0.4, -0.2) is 80.6 Å². The summed E-state index contributed by atoms with van der Waals surface area (Å²) in [6.07, 6.45) is -0.337. The van der Waals surface area contributed by atoms with Gasteiger partial charge in [-0.05, 0) is 56.1 Å². The van der Waals surface area contributed by atoms with Crippen molar-refractivity contribution in [2.75, 3.05) is 32.8 Å². The maximum atomic E-state index is 11.6. The first-order valence-corrected chi connectivity index (χ1v) is 14.4. The number of carbonyl (C=O) groups is 2. The van der Waals surface area contributed by atoms with E-state index in [1.165, 1.54) is 24.3 Å². The number of H-pyrrole nitrogens is 2. The number of unbranched alkanes of at least 4 members (excludes halogenated alkanes) is 3. The van der Waals surface area contributed by atoms with Crippen LogP contribution in [0, 0.1) is 0 Å². The molecule has 0 bridgehead atoms. The molecule has 9 N–H and O–H groups in total. The van der Waals surface area contributed by atoms with Crippen molar-refractivity contribution in [3.05, 3.63) is 47.5 Å². The fourth-order valence-electron chi connectivity index (χ4n) is 4.98. The highest BCUT2D eigenvalue weighted by Crippen LogP contribution is 2.35. The SMILES string of the molecule is CCOC(=O)Oc1cc2c(C(O)CNCCCCCCNCC(O)c3ccc(O)c4[nH]c(OC(=O)O)cc34)ccc(O)c2[nH]1. The lowest BCUT2D eigenvalue weighted by Crippen LogP contribution is -2.23. The molecule has 0 radical (unpaired) electrons. The Bertz CT molecular complexity index is 1570. The number of fused-ring (bicyclic) bond motifs is 2. The van der Waals surface area contributed by atoms with Crippen LogP contribution in [0.1, 0.15) is 55.9 Å². The van der Waals surface area contributed by atoms with Gasteiger partial charge in [0, 0.05) is 36.0 Å². The summed E-state index contributed by atoms with van der Waals surface area (Å²) in [6, 6.07) is 9.09. The topological polar surface area (TPSA) is 219 Å². The Hall–Kier alpha value is -4.50. The Kier molecular flexibility index (Phi) is 11.3. The van der Waals surface area contributed by atoms with Gasteiger partial charge in [0.25, 0.3) is 0 Å². The minimum Gasteiger partial charge on any atom is -0.506 e. The van der Waals surface area contributed by atoms with Crippen molar-refractivity contribution in [1.29, 1.82) is 0 Å². The smallest absolute Gasteiger partial charge is 0.506 e. The van der Waals surface area contributed by atoms with E-state index in [4.69, 9.17) is 14.6 Å². The Labute approximate surface area is 252 Å². The zero-order valence-corrected chi connectivity index (χ0v) is 24.3. The predicted molar refractivity (Wildman–Crippen MR) is 160 cm³/mol. The molecule has 44 heavy (non-hydrogen) atoms. The van der Waals surface area contributed by atoms with Gasteiger partial charge in [0.1, 0.15) is 11.5 Å². The Morgan fingerprint density at radius 1 is 0.773 bits per heavy atom. The molecule has 14 nitrogen and oxygen atoms in total. The van der Waals surface area contributed by atoms with Crippen LogP contribution >= 0.6 is 0 Å². The molecule has 0 saturated carbocycles. The third-order valence-corrected chi connectivity index (χ3v) is 7.06. The number of rotatable bonds is 16. The number of phenols is 2. The van der Waals surface area contributed by atoms with Crippen molar-refractivity contribution < 1.29 is 49.3 Å². The molecular formula is C30H38N4O10. The van der Waals surface area contributed by atoms with Crippen molar-refractivity contribution >= 4 is 34.1 Å². The van der Waals surface area contributed by atoms with Crippen LogP contribution in [-0.2, 0) is 4.74 Å². The van der Waals surface area contributed by atoms with E-state index in [2.05, 4.69) is 25.3 Å². The average Bonchev–Trinajstić information content (AvgIpc) is 3.59. The molecule has 0 aliphatic rings. The molecule has 4 rings (SSSR count). The largest absolute Gasteiger partial charge is 0.515 e. The number of phenolic OH excluding ortho intramolecular Hbond substituents is 2. The molecule has 2 atom stereocenters. The lowest BCUT2D eigenvalue weighted by atomic mass is 10.0. The van der Waals surface area contributed by atoms with Crippen LogP contribution in [0.25, 0.3) is 21.8 Å². The second-order valence-corrected chi connectivity index (χ2v) is 10.2. The maximum Gasteiger partial charge on any atom is 0.515 e. The predicted octanol–water partition coefficient (Wildman–Crippen LogP) is 4.16. The number of aromatic hydroxyl groups is 2. The Balaban J connectivity index is 1.13. The first-order valence-electron chi connectivity index (χ1n) is 14.4. The normalized spacial score (nSPS) is 12.8. The van der Waals surface area contributed by atoms with Gasteiger partial charge in [-0.3, -0.25) is 0 Å². The molecule has 0 fully saturated rings. The van der Waals surface area contributed by atoms with Crippen molar-refractivity contribution in [2.45, 2.75) is 44.8 Å². The number of hydrogen-bond donors (Lipinski definition) is 9. The van der Waals surface area contributed by atoms with Gasteiger partial charge in [-0.2, -0.15) is 0 Å². The van der Waals surface area contributed by atoms with Crippen LogP contribution < -0.4 is 20.1 Å². The van der Waals surface area contributed by atoms with Crippen LogP contribution in [0.3, 0.4) is 0 Å². The molecule has 2 aromatic heterocycles. The third-order valence-electron chi connectivity index (χ3n) is 7.06. The number of nitrogens with one attached hydrogen (secondary N) is 4. The molecule has 0 aliphatic heterocycles. The van der Waals surface area contributed by atoms with Gasteiger partial charge in [-0.15, -0.1) is 0 Å². The van der Waals surface area contributed by atoms with Crippen molar-refractivity contribution in [3.8, 4) is 23.3 Å². The number of aromatic amines is 2. The molecule has 0 aliphatic carbocycles. The van der Waals surface area contributed by atoms with Gasteiger partial charge < -0.3 is 60.3 Å². The van der Waals surface area contributed by atoms with E-state index < -0.39 is 24.5 Å². The molecule has 2 heterocycles. The summed E-state index contributed by atoms with van der Waals surface area (Å²) in [7, 11) is 0. The summed E-state index contributed by atoms with van der Waals surface area (Å²) >= 11 is 0. The van der Waals surface area contributed by atoms with Crippen LogP contribution in [0.5, 0.6) is 23.3 Å². The number of ether oxygens (including phenoxy) is 3. The number of benzene rings is 2. The average molecular weight is 615 g/mol. The summed E-state index contributed by atoms with van der Waals surface area (Å²) in [5, 5.41) is 58.0. The fraction of sp³-hybridized carbons (Fsp3) is 0.400. The molecule has 2 aromatic carbocycles. The number of aliphatic hydroxyl groups excluding tert-OH is 2. The van der Waals surface area contributed by atoms with Gasteiger partial charge in [0.15, 0.2) is 0 Å². The van der Waals surface area contributed by atoms with E-state index in [1.54, 1.807) is 19.1 Å². The highest BCUT2D eigenvalue weighted by Gasteiger charge is 2.19. The second-order valence-electron chi connectivity index (χ2n) is 10.2. The first kappa shape index (κ1) is 32.4. The number of aliphatic hydroxyl groups is 2. The molecule has 0 saturated heterocycles. The number of carboxylic acid groups (broad SMARTS) is 1. The highest BCUT2D eigenvalue weighted by molar-refractivity contribution is 5.91. The van der Waals surface area contributed by atoms with Crippen molar-refractivity contribution in [3.63, 3.8) is 0 Å². The molecule has 2 unspecified atom stereocenters. The fourth-order valence-corrected chi connectivity index (χ4v) is 4.98. The lowest BCUT2D eigenvalue weighted by molar-refractivity contribution is 0.103. The Morgan fingerprint density at radius 2 is 1.25 bits per heavy atom. The van der Waals surface area contributed by atoms with Crippen molar-refractivity contribution in [2.24, 2.45) is 0 Å². The second kappa shape index (κ2) is 15.3. The maximum absolute atomic E-state index is 11.6. The summed E-state index contributed by atoms with van der Waals surface area (Å²) in [5.74, 6) is -0.0610. The standard InChI is InChI=1S/C30H38N4O10/c1-2-42-30(41)44-26-14-20-18(8-10-22(36)28(20)34-26)24(38)16-32-12-6-4-3-5-11-31-15-23(37)17-7-9-21(35)27-19(17)13-25(33-27)43-29(39)40/h7-10,13-14,23-24,31-38H,2-6,11-12,15-16H2,1H3,(H,39,40). The molecule has 4 aromatic rings. The summed E-state index contributed by atoms with van der Waals surface area (Å²) in [5.41, 5.74) is 1.74. The lowest BCUT2D eigenvalue weighted by Gasteiger charge is -2.14. The van der Waals surface area contributed by atoms with E-state index in [-0.39, 0.29) is 41.9 Å². The van der Waals surface area contributed by atoms with Gasteiger partial charge in [0.05, 0.1) is 29.8 Å². The van der Waals surface area contributed by atoms with E-state index in [0.717, 1.165) is 25.7 Å². The molecule has 0 spiro atoms. The van der Waals surface area contributed by atoms with Gasteiger partial charge >= 0.3 is 12.3 Å². The van der Waals surface area contributed by atoms with Crippen LogP contribution in [0.2, 0.25) is 0 Å². The minimum atomic E-state index is -1.49. The van der Waals surface area contributed by atoms with E-state index in [9.17, 15) is 30.0 Å². The van der Waals surface area contributed by atoms with Gasteiger partial charge in [-0.25, -0.2) is 9.59 Å². The molecule has 238 valence electrons. The van der Waals surface area contributed by atoms with Crippen LogP contribution in [0.15, 0.2) is 36.4 Å². The molecular weight excluding hydrogens is 576 g/mol. The van der Waals surface area contributed by atoms with Crippen molar-refractivity contribution in [1.82, 2.24) is 20.6 Å². The van der Waals surface area contributed by atoms with E-state index in [0.29, 0.717) is 47.1 Å².